The minimum atomic E-state index is -4.61. The molecule has 170 valence electrons. The Kier molecular flexibility index (Phi) is 6.07. The van der Waals surface area contributed by atoms with Crippen molar-refractivity contribution in [2.45, 2.75) is 64.8 Å². The number of fused-ring (bicyclic) bond motifs is 1. The van der Waals surface area contributed by atoms with Crippen LogP contribution in [0.1, 0.15) is 55.3 Å². The third-order valence-corrected chi connectivity index (χ3v) is 6.08. The van der Waals surface area contributed by atoms with E-state index in [4.69, 9.17) is 0 Å². The normalized spacial score (nSPS) is 17.5. The summed E-state index contributed by atoms with van der Waals surface area (Å²) in [6.07, 6.45) is 0.699. The van der Waals surface area contributed by atoms with E-state index in [-0.39, 0.29) is 18.5 Å². The summed E-state index contributed by atoms with van der Waals surface area (Å²) in [5.74, 6) is 1.01. The number of hydrogen-bond donors (Lipinski definition) is 0. The van der Waals surface area contributed by atoms with Crippen LogP contribution in [0.4, 0.5) is 13.2 Å². The molecule has 0 amide bonds. The summed E-state index contributed by atoms with van der Waals surface area (Å²) >= 11 is 0. The summed E-state index contributed by atoms with van der Waals surface area (Å²) in [6.45, 7) is 7.43. The van der Waals surface area contributed by atoms with Gasteiger partial charge in [-0.2, -0.15) is 13.2 Å². The number of alkyl halides is 3. The molecule has 0 spiro atoms. The van der Waals surface area contributed by atoms with Gasteiger partial charge in [-0.1, -0.05) is 25.5 Å². The van der Waals surface area contributed by atoms with E-state index in [1.807, 2.05) is 20.8 Å². The fourth-order valence-electron chi connectivity index (χ4n) is 4.42. The molecular weight excluding hydrogens is 417 g/mol. The second-order valence-electron chi connectivity index (χ2n) is 8.89. The second-order valence-corrected chi connectivity index (χ2v) is 8.89. The molecule has 1 aliphatic heterocycles. The molecule has 2 aromatic heterocycles. The van der Waals surface area contributed by atoms with Crippen molar-refractivity contribution in [2.24, 2.45) is 0 Å². The van der Waals surface area contributed by atoms with Crippen LogP contribution in [-0.2, 0) is 19.3 Å². The largest absolute Gasteiger partial charge is 0.431 e. The summed E-state index contributed by atoms with van der Waals surface area (Å²) in [5.41, 5.74) is 0.617. The van der Waals surface area contributed by atoms with Gasteiger partial charge in [-0.05, 0) is 38.4 Å². The zero-order chi connectivity index (χ0) is 23.0. The molecule has 3 heterocycles. The molecule has 1 saturated heterocycles. The van der Waals surface area contributed by atoms with Gasteiger partial charge in [0.15, 0.2) is 5.43 Å². The maximum absolute atomic E-state index is 13.9. The lowest BCUT2D eigenvalue weighted by Gasteiger charge is -2.28. The molecule has 1 atom stereocenters. The molecule has 4 rings (SSSR count). The molecule has 0 radical (unpaired) electrons. The number of nitrogens with zero attached hydrogens (tertiary/aromatic N) is 4. The quantitative estimate of drug-likeness (QED) is 0.561. The average Bonchev–Trinajstić information content (AvgIpc) is 3.16. The minimum Gasteiger partial charge on any atom is -0.335 e. The van der Waals surface area contributed by atoms with Gasteiger partial charge in [0.25, 0.3) is 0 Å². The first-order valence-electron chi connectivity index (χ1n) is 10.9. The predicted octanol–water partition coefficient (Wildman–Crippen LogP) is 4.91. The fraction of sp³-hybridized carbons (Fsp3) is 0.458. The van der Waals surface area contributed by atoms with Crippen molar-refractivity contribution < 1.29 is 13.2 Å². The van der Waals surface area contributed by atoms with Gasteiger partial charge in [0.1, 0.15) is 11.5 Å². The Bertz CT molecular complexity index is 1170. The van der Waals surface area contributed by atoms with Crippen LogP contribution in [0.5, 0.6) is 0 Å². The maximum atomic E-state index is 13.9. The lowest BCUT2D eigenvalue weighted by atomic mass is 10.1. The Labute approximate surface area is 184 Å². The third-order valence-electron chi connectivity index (χ3n) is 6.08. The van der Waals surface area contributed by atoms with Crippen molar-refractivity contribution in [2.75, 3.05) is 6.54 Å². The molecular formula is C24H27F3N4O. The fourth-order valence-corrected chi connectivity index (χ4v) is 4.42. The summed E-state index contributed by atoms with van der Waals surface area (Å²) in [5, 5.41) is 0.320. The highest BCUT2D eigenvalue weighted by molar-refractivity contribution is 5.80. The number of rotatable bonds is 5. The molecule has 0 bridgehead atoms. The van der Waals surface area contributed by atoms with E-state index in [2.05, 4.69) is 14.9 Å². The van der Waals surface area contributed by atoms with Crippen LogP contribution >= 0.6 is 0 Å². The molecule has 1 aliphatic rings. The Morgan fingerprint density at radius 3 is 2.53 bits per heavy atom. The van der Waals surface area contributed by atoms with Gasteiger partial charge in [0.2, 0.25) is 0 Å². The van der Waals surface area contributed by atoms with Gasteiger partial charge in [-0.3, -0.25) is 9.69 Å². The van der Waals surface area contributed by atoms with E-state index >= 15 is 0 Å². The lowest BCUT2D eigenvalue weighted by Crippen LogP contribution is -2.35. The summed E-state index contributed by atoms with van der Waals surface area (Å²) < 4.78 is 42.9. The Hall–Kier alpha value is -2.74. The standard InChI is InChI=1S/C24H27F3N4O/c1-15(2)23-28-11-17(12-29-23)13-30-8-4-5-18(30)14-31-20-7-6-16(3)9-19(20)21(32)10-22(31)24(25,26)27/h6-7,9-12,15,18H,4-5,8,13-14H2,1-3H3. The van der Waals surface area contributed by atoms with Crippen LogP contribution in [0, 0.1) is 6.92 Å². The third kappa shape index (κ3) is 4.55. The summed E-state index contributed by atoms with van der Waals surface area (Å²) in [4.78, 5) is 23.4. The smallest absolute Gasteiger partial charge is 0.335 e. The lowest BCUT2D eigenvalue weighted by molar-refractivity contribution is -0.144. The van der Waals surface area contributed by atoms with Crippen LogP contribution in [0.3, 0.4) is 0 Å². The highest BCUT2D eigenvalue weighted by atomic mass is 19.4. The van der Waals surface area contributed by atoms with E-state index < -0.39 is 17.3 Å². The van der Waals surface area contributed by atoms with E-state index in [1.54, 1.807) is 30.6 Å². The number of aromatic nitrogens is 3. The molecule has 0 saturated carbocycles. The summed E-state index contributed by atoms with van der Waals surface area (Å²) in [6, 6.07) is 5.69. The average molecular weight is 445 g/mol. The zero-order valence-corrected chi connectivity index (χ0v) is 18.5. The molecule has 3 aromatic rings. The molecule has 1 fully saturated rings. The van der Waals surface area contributed by atoms with E-state index in [9.17, 15) is 18.0 Å². The van der Waals surface area contributed by atoms with Crippen LogP contribution < -0.4 is 5.43 Å². The molecule has 8 heteroatoms. The predicted molar refractivity (Wildman–Crippen MR) is 118 cm³/mol. The molecule has 0 N–H and O–H groups in total. The number of pyridine rings is 1. The second kappa shape index (κ2) is 8.65. The van der Waals surface area contributed by atoms with Crippen LogP contribution in [-0.4, -0.2) is 32.0 Å². The zero-order valence-electron chi connectivity index (χ0n) is 18.5. The molecule has 32 heavy (non-hydrogen) atoms. The van der Waals surface area contributed by atoms with E-state index in [0.717, 1.165) is 42.4 Å². The molecule has 5 nitrogen and oxygen atoms in total. The van der Waals surface area contributed by atoms with Crippen LogP contribution in [0.25, 0.3) is 10.9 Å². The van der Waals surface area contributed by atoms with Crippen molar-refractivity contribution in [3.8, 4) is 0 Å². The number of hydrogen-bond acceptors (Lipinski definition) is 4. The van der Waals surface area contributed by atoms with Gasteiger partial charge in [-0.15, -0.1) is 0 Å². The van der Waals surface area contributed by atoms with Gasteiger partial charge in [0, 0.05) is 54.5 Å². The first-order chi connectivity index (χ1) is 15.1. The van der Waals surface area contributed by atoms with Crippen molar-refractivity contribution in [1.29, 1.82) is 0 Å². The molecule has 0 aliphatic carbocycles. The molecule has 1 aromatic carbocycles. The van der Waals surface area contributed by atoms with Crippen molar-refractivity contribution >= 4 is 10.9 Å². The van der Waals surface area contributed by atoms with Crippen molar-refractivity contribution in [3.05, 3.63) is 69.5 Å². The number of benzene rings is 1. The van der Waals surface area contributed by atoms with Gasteiger partial charge in [-0.25, -0.2) is 9.97 Å². The van der Waals surface area contributed by atoms with E-state index in [1.165, 1.54) is 4.57 Å². The highest BCUT2D eigenvalue weighted by Crippen LogP contribution is 2.32. The van der Waals surface area contributed by atoms with Crippen molar-refractivity contribution in [3.63, 3.8) is 0 Å². The Balaban J connectivity index is 1.67. The Morgan fingerprint density at radius 1 is 1.16 bits per heavy atom. The summed E-state index contributed by atoms with van der Waals surface area (Å²) in [7, 11) is 0. The monoisotopic (exact) mass is 444 g/mol. The van der Waals surface area contributed by atoms with Gasteiger partial charge >= 0.3 is 6.18 Å². The van der Waals surface area contributed by atoms with Gasteiger partial charge < -0.3 is 4.57 Å². The van der Waals surface area contributed by atoms with Crippen LogP contribution in [0.15, 0.2) is 41.5 Å². The number of halogens is 3. The number of likely N-dealkylation sites (tertiary alicyclic amines) is 1. The van der Waals surface area contributed by atoms with E-state index in [0.29, 0.717) is 17.4 Å². The minimum absolute atomic E-state index is 0.0760. The van der Waals surface area contributed by atoms with Gasteiger partial charge in [0.05, 0.1) is 5.52 Å². The first-order valence-corrected chi connectivity index (χ1v) is 10.9. The maximum Gasteiger partial charge on any atom is 0.431 e. The first kappa shape index (κ1) is 22.5. The SMILES string of the molecule is Cc1ccc2c(c1)c(=O)cc(C(F)(F)F)n2CC1CCCN1Cc1cnc(C(C)C)nc1. The van der Waals surface area contributed by atoms with Crippen LogP contribution in [0.2, 0.25) is 0 Å². The number of aryl methyl sites for hydroxylation is 1. The highest BCUT2D eigenvalue weighted by Gasteiger charge is 2.36. The van der Waals surface area contributed by atoms with Crippen molar-refractivity contribution in [1.82, 2.24) is 19.4 Å². The molecule has 1 unspecified atom stereocenters. The Morgan fingerprint density at radius 2 is 1.88 bits per heavy atom. The topological polar surface area (TPSA) is 51.0 Å².